The van der Waals surface area contributed by atoms with Gasteiger partial charge in [-0.1, -0.05) is 64.7 Å². The van der Waals surface area contributed by atoms with Crippen molar-refractivity contribution in [1.29, 1.82) is 0 Å². The number of rotatable bonds is 18. The van der Waals surface area contributed by atoms with Crippen LogP contribution >= 0.6 is 0 Å². The fourth-order valence-electron chi connectivity index (χ4n) is 5.35. The maximum atomic E-state index is 12.7. The quantitative estimate of drug-likeness (QED) is 0.100. The van der Waals surface area contributed by atoms with Gasteiger partial charge in [0.2, 0.25) is 12.2 Å². The number of aliphatic hydroxyl groups is 4. The van der Waals surface area contributed by atoms with Crippen LogP contribution in [-0.2, 0) is 23.8 Å². The number of primary amides is 1. The summed E-state index contributed by atoms with van der Waals surface area (Å²) in [7, 11) is 0. The number of amides is 2. The van der Waals surface area contributed by atoms with Crippen molar-refractivity contribution in [3.63, 3.8) is 0 Å². The molecule has 2 aliphatic heterocycles. The molecule has 0 unspecified atom stereocenters. The van der Waals surface area contributed by atoms with Crippen LogP contribution in [0.25, 0.3) is 0 Å². The van der Waals surface area contributed by atoms with Gasteiger partial charge in [0.15, 0.2) is 18.1 Å². The number of H-pyrrole nitrogens is 1. The Balaban J connectivity index is 1.56. The third-order valence-corrected chi connectivity index (χ3v) is 7.88. The first kappa shape index (κ1) is 35.4. The molecule has 1 aromatic heterocycles. The number of nitrogens with one attached hydrogen (secondary N) is 2. The number of aromatic amines is 1. The summed E-state index contributed by atoms with van der Waals surface area (Å²) in [5.41, 5.74) is 3.94. The molecule has 1 fully saturated rings. The zero-order valence-electron chi connectivity index (χ0n) is 25.0. The molecule has 8 N–H and O–H groups in total. The van der Waals surface area contributed by atoms with E-state index in [-0.39, 0.29) is 5.76 Å². The summed E-state index contributed by atoms with van der Waals surface area (Å²) in [5, 5.41) is 44.3. The second kappa shape index (κ2) is 17.4. The fraction of sp³-hybridized carbons (Fsp3) is 0.724. The van der Waals surface area contributed by atoms with Crippen LogP contribution in [0.1, 0.15) is 77.4 Å². The second-order valence-corrected chi connectivity index (χ2v) is 11.2. The summed E-state index contributed by atoms with van der Waals surface area (Å²) in [5.74, 6) is -3.34. The van der Waals surface area contributed by atoms with Crippen LogP contribution in [0.3, 0.4) is 0 Å². The lowest BCUT2D eigenvalue weighted by Gasteiger charge is -2.35. The Morgan fingerprint density at radius 2 is 1.68 bits per heavy atom. The lowest BCUT2D eigenvalue weighted by Crippen LogP contribution is -2.53. The van der Waals surface area contributed by atoms with E-state index in [2.05, 4.69) is 12.2 Å². The van der Waals surface area contributed by atoms with Crippen molar-refractivity contribution in [1.82, 2.24) is 14.9 Å². The predicted molar refractivity (Wildman–Crippen MR) is 156 cm³/mol. The Kier molecular flexibility index (Phi) is 14.0. The summed E-state index contributed by atoms with van der Waals surface area (Å²) in [6, 6.07) is 1.02. The van der Waals surface area contributed by atoms with Gasteiger partial charge in [0.05, 0.1) is 6.61 Å². The first-order valence-corrected chi connectivity index (χ1v) is 15.3. The predicted octanol–water partition coefficient (Wildman–Crippen LogP) is -0.727. The third kappa shape index (κ3) is 9.46. The van der Waals surface area contributed by atoms with Gasteiger partial charge >= 0.3 is 5.69 Å². The summed E-state index contributed by atoms with van der Waals surface area (Å²) >= 11 is 0. The SMILES string of the molecule is CCCCCCCCCCCCNC(=O)C1=C[C@H](O)[C@H](O)[C@@H](O[C@@H](C(N)=O)[C@H]2O[C@@H](n3ccc(=O)[nH]c3=O)[C@H](O)[C@@H]2CO)O1. The molecule has 0 saturated carbocycles. The largest absolute Gasteiger partial charge is 0.456 e. The van der Waals surface area contributed by atoms with Gasteiger partial charge in [0.1, 0.15) is 24.4 Å². The minimum Gasteiger partial charge on any atom is -0.456 e. The molecule has 3 heterocycles. The summed E-state index contributed by atoms with van der Waals surface area (Å²) in [6.45, 7) is 1.83. The van der Waals surface area contributed by atoms with Crippen LogP contribution in [0.2, 0.25) is 0 Å². The van der Waals surface area contributed by atoms with E-state index in [1.807, 2.05) is 4.98 Å². The van der Waals surface area contributed by atoms with Gasteiger partial charge < -0.3 is 45.7 Å². The minimum absolute atomic E-state index is 0.341. The second-order valence-electron chi connectivity index (χ2n) is 11.2. The Morgan fingerprint density at radius 1 is 1.05 bits per heavy atom. The van der Waals surface area contributed by atoms with E-state index in [0.717, 1.165) is 48.6 Å². The third-order valence-electron chi connectivity index (χ3n) is 7.88. The van der Waals surface area contributed by atoms with Crippen molar-refractivity contribution >= 4 is 11.8 Å². The van der Waals surface area contributed by atoms with Crippen molar-refractivity contribution < 1.29 is 44.2 Å². The molecule has 44 heavy (non-hydrogen) atoms. The fourth-order valence-corrected chi connectivity index (χ4v) is 5.35. The Bertz CT molecular complexity index is 1220. The topological polar surface area (TPSA) is 236 Å². The number of nitrogens with zero attached hydrogens (tertiary/aromatic N) is 1. The molecule has 15 heteroatoms. The number of nitrogens with two attached hydrogens (primary N) is 1. The lowest BCUT2D eigenvalue weighted by atomic mass is 9.94. The highest BCUT2D eigenvalue weighted by atomic mass is 16.7. The monoisotopic (exact) mass is 626 g/mol. The molecule has 1 saturated heterocycles. The Labute approximate surface area is 255 Å². The molecular formula is C29H46N4O11. The van der Waals surface area contributed by atoms with E-state index in [1.165, 1.54) is 38.5 Å². The van der Waals surface area contributed by atoms with Crippen LogP contribution in [0.15, 0.2) is 33.7 Å². The number of hydrogen-bond acceptors (Lipinski definition) is 11. The molecule has 8 atom stereocenters. The maximum Gasteiger partial charge on any atom is 0.330 e. The van der Waals surface area contributed by atoms with Crippen LogP contribution in [0, 0.1) is 5.92 Å². The average Bonchev–Trinajstić information content (AvgIpc) is 3.31. The first-order valence-electron chi connectivity index (χ1n) is 15.3. The average molecular weight is 627 g/mol. The zero-order chi connectivity index (χ0) is 32.2. The molecule has 0 bridgehead atoms. The molecular weight excluding hydrogens is 580 g/mol. The van der Waals surface area contributed by atoms with Crippen molar-refractivity contribution in [3.8, 4) is 0 Å². The Morgan fingerprint density at radius 3 is 2.27 bits per heavy atom. The van der Waals surface area contributed by atoms with Crippen molar-refractivity contribution in [2.24, 2.45) is 11.7 Å². The first-order chi connectivity index (χ1) is 21.1. The highest BCUT2D eigenvalue weighted by Crippen LogP contribution is 2.36. The molecule has 248 valence electrons. The van der Waals surface area contributed by atoms with Gasteiger partial charge in [0.25, 0.3) is 11.5 Å². The van der Waals surface area contributed by atoms with Crippen LogP contribution in [0.4, 0.5) is 0 Å². The van der Waals surface area contributed by atoms with Gasteiger partial charge in [-0.2, -0.15) is 0 Å². The van der Waals surface area contributed by atoms with Gasteiger partial charge in [-0.15, -0.1) is 0 Å². The standard InChI is InChI=1S/C29H46N4O11/c1-2-3-4-5-6-7-8-9-10-11-13-31-26(40)19-15-18(35)22(38)28(42-19)44-24(25(30)39)23-17(16-34)21(37)27(43-23)33-14-12-20(36)32-29(33)41/h12,14-15,17-18,21-24,27-28,34-35,37-38H,2-11,13,16H2,1H3,(H2,30,39)(H,31,40)(H,32,36,41)/t17-,18-,21+,22-,23-,24+,27+,28+/m0/s1. The number of aromatic nitrogens is 2. The van der Waals surface area contributed by atoms with E-state index in [0.29, 0.717) is 6.54 Å². The molecule has 0 radical (unpaired) electrons. The van der Waals surface area contributed by atoms with Crippen LogP contribution in [-0.4, -0.2) is 91.8 Å². The minimum atomic E-state index is -1.77. The number of carbonyl (C=O) groups is 2. The molecule has 3 rings (SSSR count). The normalized spacial score (nSPS) is 27.4. The zero-order valence-corrected chi connectivity index (χ0v) is 25.0. The van der Waals surface area contributed by atoms with E-state index >= 15 is 0 Å². The van der Waals surface area contributed by atoms with Gasteiger partial charge in [-0.05, 0) is 12.5 Å². The van der Waals surface area contributed by atoms with Crippen molar-refractivity contribution in [2.75, 3.05) is 13.2 Å². The van der Waals surface area contributed by atoms with Crippen LogP contribution < -0.4 is 22.3 Å². The highest BCUT2D eigenvalue weighted by Gasteiger charge is 2.51. The summed E-state index contributed by atoms with van der Waals surface area (Å²) < 4.78 is 17.7. The maximum absolute atomic E-state index is 12.7. The smallest absolute Gasteiger partial charge is 0.330 e. The molecule has 15 nitrogen and oxygen atoms in total. The van der Waals surface area contributed by atoms with E-state index < -0.39 is 78.6 Å². The van der Waals surface area contributed by atoms with Gasteiger partial charge in [-0.25, -0.2) is 4.79 Å². The molecule has 1 aromatic rings. The Hall–Kier alpha value is -3.08. The number of ether oxygens (including phenoxy) is 3. The molecule has 0 spiro atoms. The van der Waals surface area contributed by atoms with E-state index in [4.69, 9.17) is 19.9 Å². The van der Waals surface area contributed by atoms with E-state index in [1.54, 1.807) is 0 Å². The lowest BCUT2D eigenvalue weighted by molar-refractivity contribution is -0.239. The number of carbonyl (C=O) groups excluding carboxylic acids is 2. The van der Waals surface area contributed by atoms with Crippen molar-refractivity contribution in [3.05, 3.63) is 44.9 Å². The number of hydrogen-bond donors (Lipinski definition) is 7. The summed E-state index contributed by atoms with van der Waals surface area (Å²) in [6.07, 6.45) is 2.13. The highest BCUT2D eigenvalue weighted by molar-refractivity contribution is 5.91. The number of unbranched alkanes of at least 4 members (excludes halogenated alkanes) is 9. The molecule has 2 aliphatic rings. The van der Waals surface area contributed by atoms with Crippen LogP contribution in [0.5, 0.6) is 0 Å². The van der Waals surface area contributed by atoms with Gasteiger partial charge in [-0.3, -0.25) is 23.9 Å². The van der Waals surface area contributed by atoms with Gasteiger partial charge in [0, 0.05) is 24.7 Å². The molecule has 2 amide bonds. The summed E-state index contributed by atoms with van der Waals surface area (Å²) in [4.78, 5) is 50.9. The number of aliphatic hydroxyl groups excluding tert-OH is 4. The van der Waals surface area contributed by atoms with E-state index in [9.17, 15) is 39.6 Å². The molecule has 0 aliphatic carbocycles. The van der Waals surface area contributed by atoms with Crippen molar-refractivity contribution in [2.45, 2.75) is 114 Å². The molecule has 0 aromatic carbocycles.